The Morgan fingerprint density at radius 2 is 2.09 bits per heavy atom. The molecule has 0 bridgehead atoms. The second-order valence-corrected chi connectivity index (χ2v) is 4.31. The van der Waals surface area contributed by atoms with Gasteiger partial charge in [-0.25, -0.2) is 0 Å². The molecule has 1 aliphatic heterocycles. The lowest BCUT2D eigenvalue weighted by Crippen LogP contribution is -2.36. The van der Waals surface area contributed by atoms with E-state index in [-0.39, 0.29) is 5.92 Å². The third kappa shape index (κ3) is 1.51. The molecule has 0 atom stereocenters. The third-order valence-corrected chi connectivity index (χ3v) is 2.59. The summed E-state index contributed by atoms with van der Waals surface area (Å²) in [5.74, 6) is 0.599. The normalized spacial score (nSPS) is 23.5. The second kappa shape index (κ2) is 2.46. The van der Waals surface area contributed by atoms with E-state index >= 15 is 0 Å². The van der Waals surface area contributed by atoms with Gasteiger partial charge in [-0.1, -0.05) is 18.3 Å². The van der Waals surface area contributed by atoms with Crippen LogP contribution in [0.15, 0.2) is 4.40 Å². The zero-order chi connectivity index (χ0) is 8.65. The fraction of sp³-hybridized carbons (Fsp3) is 0.800. The summed E-state index contributed by atoms with van der Waals surface area (Å²) < 4.78 is 26.4. The summed E-state index contributed by atoms with van der Waals surface area (Å²) >= 11 is 0. The van der Waals surface area contributed by atoms with Gasteiger partial charge in [0.15, 0.2) is 0 Å². The van der Waals surface area contributed by atoms with E-state index in [2.05, 4.69) is 9.82 Å². The topological polar surface area (TPSA) is 61.8 Å². The zero-order valence-electron chi connectivity index (χ0n) is 6.70. The number of rotatable bonds is 1. The molecule has 0 amide bonds. The summed E-state index contributed by atoms with van der Waals surface area (Å²) in [5, 5.41) is 0. The highest BCUT2D eigenvalue weighted by atomic mass is 32.2. The first-order chi connectivity index (χ1) is 4.93. The van der Waals surface area contributed by atoms with Crippen molar-refractivity contribution in [2.75, 3.05) is 7.05 Å². The summed E-state index contributed by atoms with van der Waals surface area (Å²) in [6, 6.07) is 0. The van der Waals surface area contributed by atoms with E-state index < -0.39 is 10.2 Å². The molecule has 0 aliphatic carbocycles. The van der Waals surface area contributed by atoms with Crippen molar-refractivity contribution >= 4 is 16.0 Å². The van der Waals surface area contributed by atoms with Crippen LogP contribution in [0.5, 0.6) is 0 Å². The first kappa shape index (κ1) is 8.48. The maximum absolute atomic E-state index is 11.0. The Labute approximate surface area is 66.3 Å². The van der Waals surface area contributed by atoms with E-state index in [1.54, 1.807) is 0 Å². The molecule has 0 saturated heterocycles. The lowest BCUT2D eigenvalue weighted by molar-refractivity contribution is 0.448. The Hall–Kier alpha value is -0.620. The highest BCUT2D eigenvalue weighted by molar-refractivity contribution is 7.88. The number of hydrazine groups is 1. The van der Waals surface area contributed by atoms with Gasteiger partial charge in [-0.05, 0) is 0 Å². The first-order valence-corrected chi connectivity index (χ1v) is 4.68. The monoisotopic (exact) mass is 177 g/mol. The van der Waals surface area contributed by atoms with Gasteiger partial charge in [0.05, 0.1) is 0 Å². The number of hydrogen-bond acceptors (Lipinski definition) is 3. The molecule has 0 fully saturated rings. The standard InChI is InChI=1S/C5H11N3O2S/c1-4(2)5-6-8(3)11(9,10)7-5/h4H,1-3H3,(H,6,7). The molecular formula is C5H11N3O2S. The molecule has 1 aliphatic rings. The summed E-state index contributed by atoms with van der Waals surface area (Å²) in [6.45, 7) is 3.75. The quantitative estimate of drug-likeness (QED) is 0.600. The Morgan fingerprint density at radius 3 is 2.27 bits per heavy atom. The summed E-state index contributed by atoms with van der Waals surface area (Å²) in [7, 11) is -1.98. The van der Waals surface area contributed by atoms with Crippen molar-refractivity contribution in [2.45, 2.75) is 13.8 Å². The molecule has 64 valence electrons. The highest BCUT2D eigenvalue weighted by Gasteiger charge is 2.27. The Kier molecular flexibility index (Phi) is 1.89. The van der Waals surface area contributed by atoms with Crippen molar-refractivity contribution in [3.8, 4) is 0 Å². The molecule has 1 heterocycles. The van der Waals surface area contributed by atoms with E-state index in [0.717, 1.165) is 4.41 Å². The van der Waals surface area contributed by atoms with Crippen LogP contribution < -0.4 is 5.43 Å². The molecule has 5 nitrogen and oxygen atoms in total. The maximum Gasteiger partial charge on any atom is 0.340 e. The molecule has 1 N–H and O–H groups in total. The molecule has 11 heavy (non-hydrogen) atoms. The van der Waals surface area contributed by atoms with Crippen LogP contribution in [0.1, 0.15) is 13.8 Å². The van der Waals surface area contributed by atoms with E-state index in [0.29, 0.717) is 5.84 Å². The van der Waals surface area contributed by atoms with Gasteiger partial charge in [0.25, 0.3) is 0 Å². The van der Waals surface area contributed by atoms with E-state index in [1.807, 2.05) is 13.8 Å². The molecule has 0 spiro atoms. The molecule has 0 aromatic heterocycles. The van der Waals surface area contributed by atoms with E-state index in [4.69, 9.17) is 0 Å². The van der Waals surface area contributed by atoms with Crippen LogP contribution in [0.25, 0.3) is 0 Å². The average molecular weight is 177 g/mol. The van der Waals surface area contributed by atoms with Crippen molar-refractivity contribution in [1.82, 2.24) is 9.84 Å². The highest BCUT2D eigenvalue weighted by Crippen LogP contribution is 2.08. The van der Waals surface area contributed by atoms with Gasteiger partial charge in [-0.2, -0.15) is 8.42 Å². The molecule has 0 unspecified atom stereocenters. The van der Waals surface area contributed by atoms with Gasteiger partial charge < -0.3 is 0 Å². The van der Waals surface area contributed by atoms with Gasteiger partial charge in [0, 0.05) is 13.0 Å². The van der Waals surface area contributed by atoms with Crippen LogP contribution in [0.4, 0.5) is 0 Å². The summed E-state index contributed by atoms with van der Waals surface area (Å²) in [5.41, 5.74) is 2.64. The van der Waals surface area contributed by atoms with Crippen molar-refractivity contribution < 1.29 is 8.42 Å². The Morgan fingerprint density at radius 1 is 1.55 bits per heavy atom. The van der Waals surface area contributed by atoms with Crippen molar-refractivity contribution in [3.63, 3.8) is 0 Å². The smallest absolute Gasteiger partial charge is 0.291 e. The SMILES string of the molecule is CC(C)C1=NS(=O)(=O)N(C)N1. The fourth-order valence-corrected chi connectivity index (χ4v) is 1.49. The van der Waals surface area contributed by atoms with Crippen molar-refractivity contribution in [1.29, 1.82) is 0 Å². The first-order valence-electron chi connectivity index (χ1n) is 3.29. The predicted molar refractivity (Wildman–Crippen MR) is 42.1 cm³/mol. The number of hydrogen-bond donors (Lipinski definition) is 1. The largest absolute Gasteiger partial charge is 0.340 e. The van der Waals surface area contributed by atoms with Gasteiger partial charge in [-0.3, -0.25) is 5.43 Å². The van der Waals surface area contributed by atoms with Gasteiger partial charge in [0.2, 0.25) is 0 Å². The fourth-order valence-electron chi connectivity index (χ4n) is 0.659. The molecule has 0 radical (unpaired) electrons. The van der Waals surface area contributed by atoms with E-state index in [1.165, 1.54) is 7.05 Å². The van der Waals surface area contributed by atoms with Crippen LogP contribution >= 0.6 is 0 Å². The lowest BCUT2D eigenvalue weighted by atomic mass is 10.2. The molecule has 6 heteroatoms. The van der Waals surface area contributed by atoms with Crippen LogP contribution in [0.3, 0.4) is 0 Å². The maximum atomic E-state index is 11.0. The van der Waals surface area contributed by atoms with E-state index in [9.17, 15) is 8.42 Å². The van der Waals surface area contributed by atoms with Crippen molar-refractivity contribution in [3.05, 3.63) is 0 Å². The Bertz CT molecular complexity index is 280. The zero-order valence-corrected chi connectivity index (χ0v) is 7.51. The summed E-state index contributed by atoms with van der Waals surface area (Å²) in [6.07, 6.45) is 0. The minimum atomic E-state index is -3.41. The Balaban J connectivity index is 2.94. The lowest BCUT2D eigenvalue weighted by Gasteiger charge is -2.08. The third-order valence-electron chi connectivity index (χ3n) is 1.38. The van der Waals surface area contributed by atoms with Crippen LogP contribution in [0, 0.1) is 5.92 Å². The number of nitrogens with one attached hydrogen (secondary N) is 1. The molecule has 0 aromatic carbocycles. The minimum absolute atomic E-state index is 0.106. The van der Waals surface area contributed by atoms with Crippen LogP contribution in [-0.2, 0) is 10.2 Å². The van der Waals surface area contributed by atoms with Gasteiger partial charge in [-0.15, -0.1) is 4.40 Å². The second-order valence-electron chi connectivity index (χ2n) is 2.69. The molecule has 0 saturated carbocycles. The van der Waals surface area contributed by atoms with Crippen molar-refractivity contribution in [2.24, 2.45) is 10.3 Å². The molecule has 0 aromatic rings. The molecular weight excluding hydrogens is 166 g/mol. The number of amidine groups is 1. The van der Waals surface area contributed by atoms with Gasteiger partial charge >= 0.3 is 10.2 Å². The average Bonchev–Trinajstić information content (AvgIpc) is 2.08. The van der Waals surface area contributed by atoms with Crippen LogP contribution in [0.2, 0.25) is 0 Å². The summed E-state index contributed by atoms with van der Waals surface area (Å²) in [4.78, 5) is 0. The van der Waals surface area contributed by atoms with Gasteiger partial charge in [0.1, 0.15) is 5.84 Å². The number of nitrogens with zero attached hydrogens (tertiary/aromatic N) is 2. The van der Waals surface area contributed by atoms with Crippen LogP contribution in [-0.4, -0.2) is 25.7 Å². The predicted octanol–water partition coefficient (Wildman–Crippen LogP) is -0.264. The molecule has 1 rings (SSSR count). The minimum Gasteiger partial charge on any atom is -0.291 e.